The van der Waals surface area contributed by atoms with Gasteiger partial charge < -0.3 is 9.88 Å². The van der Waals surface area contributed by atoms with Crippen molar-refractivity contribution in [3.8, 4) is 0 Å². The molecule has 28 heavy (non-hydrogen) atoms. The lowest BCUT2D eigenvalue weighted by Crippen LogP contribution is -2.44. The molecule has 4 rings (SSSR count). The van der Waals surface area contributed by atoms with Gasteiger partial charge in [0.2, 0.25) is 5.95 Å². The molecule has 148 valence electrons. The van der Waals surface area contributed by atoms with Crippen LogP contribution in [0.4, 0.5) is 14.7 Å². The van der Waals surface area contributed by atoms with E-state index in [0.717, 1.165) is 15.7 Å². The van der Waals surface area contributed by atoms with Gasteiger partial charge in [0.05, 0.1) is 6.54 Å². The molecule has 0 amide bonds. The van der Waals surface area contributed by atoms with E-state index in [-0.39, 0.29) is 30.6 Å². The first-order valence-corrected chi connectivity index (χ1v) is 9.02. The fourth-order valence-corrected chi connectivity index (χ4v) is 3.53. The van der Waals surface area contributed by atoms with Crippen LogP contribution in [0.15, 0.2) is 33.9 Å². The molecule has 3 aromatic rings. The summed E-state index contributed by atoms with van der Waals surface area (Å²) in [5, 5.41) is 2.95. The second-order valence-electron chi connectivity index (χ2n) is 7.49. The average molecular weight is 389 g/mol. The van der Waals surface area contributed by atoms with Gasteiger partial charge in [-0.3, -0.25) is 13.9 Å². The summed E-state index contributed by atoms with van der Waals surface area (Å²) in [7, 11) is 3.18. The first kappa shape index (κ1) is 18.4. The van der Waals surface area contributed by atoms with Gasteiger partial charge in [0.15, 0.2) is 11.2 Å². The number of aromatic nitrogens is 4. The molecule has 2 aromatic heterocycles. The summed E-state index contributed by atoms with van der Waals surface area (Å²) < 4.78 is 30.2. The van der Waals surface area contributed by atoms with Crippen LogP contribution in [0.25, 0.3) is 11.2 Å². The Balaban J connectivity index is 1.76. The highest BCUT2D eigenvalue weighted by molar-refractivity contribution is 5.74. The predicted molar refractivity (Wildman–Crippen MR) is 102 cm³/mol. The van der Waals surface area contributed by atoms with Crippen molar-refractivity contribution in [3.05, 3.63) is 56.2 Å². The van der Waals surface area contributed by atoms with Crippen molar-refractivity contribution in [2.45, 2.75) is 38.3 Å². The number of nitrogens with one attached hydrogen (secondary N) is 1. The lowest BCUT2D eigenvalue weighted by molar-refractivity contribution is -0.0795. The minimum absolute atomic E-state index is 0.143. The normalized spacial score (nSPS) is 16.3. The van der Waals surface area contributed by atoms with Crippen LogP contribution < -0.4 is 16.6 Å². The van der Waals surface area contributed by atoms with E-state index in [9.17, 15) is 18.4 Å². The maximum absolute atomic E-state index is 13.1. The number of benzene rings is 1. The maximum atomic E-state index is 13.1. The Labute approximate surface area is 159 Å². The Morgan fingerprint density at radius 1 is 1.14 bits per heavy atom. The van der Waals surface area contributed by atoms with E-state index in [1.807, 2.05) is 31.2 Å². The lowest BCUT2D eigenvalue weighted by atomic mass is 9.88. The largest absolute Gasteiger partial charge is 0.352 e. The third kappa shape index (κ3) is 3.00. The molecule has 2 heterocycles. The molecular weight excluding hydrogens is 368 g/mol. The van der Waals surface area contributed by atoms with Crippen molar-refractivity contribution in [2.24, 2.45) is 14.1 Å². The molecule has 0 aliphatic heterocycles. The zero-order valence-corrected chi connectivity index (χ0v) is 15.9. The van der Waals surface area contributed by atoms with Crippen LogP contribution in [0.5, 0.6) is 0 Å². The monoisotopic (exact) mass is 389 g/mol. The molecule has 1 aromatic carbocycles. The number of anilines is 1. The number of nitrogens with zero attached hydrogens (tertiary/aromatic N) is 4. The highest BCUT2D eigenvalue weighted by atomic mass is 19.3. The van der Waals surface area contributed by atoms with E-state index >= 15 is 0 Å². The van der Waals surface area contributed by atoms with Gasteiger partial charge in [-0.2, -0.15) is 4.98 Å². The summed E-state index contributed by atoms with van der Waals surface area (Å²) in [4.78, 5) is 30.1. The molecule has 7 nitrogen and oxygen atoms in total. The Hall–Kier alpha value is -2.97. The van der Waals surface area contributed by atoms with Crippen LogP contribution in [0.2, 0.25) is 0 Å². The molecule has 1 fully saturated rings. The standard InChI is InChI=1S/C19H21F2N5O2/c1-11-4-6-12(7-5-11)10-26-16(27)14-15(25(3)18(26)28)23-17(24(14)2)22-13-8-19(20,21)9-13/h4-7,13H,8-10H2,1-3H3,(H,22,23). The molecule has 0 saturated heterocycles. The summed E-state index contributed by atoms with van der Waals surface area (Å²) in [5.41, 5.74) is 1.47. The summed E-state index contributed by atoms with van der Waals surface area (Å²) in [6, 6.07) is 7.18. The molecule has 0 atom stereocenters. The van der Waals surface area contributed by atoms with E-state index in [1.54, 1.807) is 14.1 Å². The highest BCUT2D eigenvalue weighted by Gasteiger charge is 2.45. The van der Waals surface area contributed by atoms with Crippen molar-refractivity contribution >= 4 is 17.1 Å². The zero-order chi connectivity index (χ0) is 20.2. The van der Waals surface area contributed by atoms with Crippen LogP contribution in [-0.4, -0.2) is 30.6 Å². The number of aryl methyl sites for hydroxylation is 3. The van der Waals surface area contributed by atoms with Crippen molar-refractivity contribution in [3.63, 3.8) is 0 Å². The third-order valence-electron chi connectivity index (χ3n) is 5.24. The number of hydrogen-bond donors (Lipinski definition) is 1. The number of halogens is 2. The van der Waals surface area contributed by atoms with Crippen LogP contribution in [0.3, 0.4) is 0 Å². The van der Waals surface area contributed by atoms with Gasteiger partial charge in [-0.05, 0) is 12.5 Å². The van der Waals surface area contributed by atoms with Crippen molar-refractivity contribution in [1.82, 2.24) is 18.7 Å². The van der Waals surface area contributed by atoms with E-state index < -0.39 is 23.2 Å². The molecule has 0 bridgehead atoms. The van der Waals surface area contributed by atoms with Gasteiger partial charge in [0, 0.05) is 33.0 Å². The number of alkyl halides is 2. The Bertz CT molecular complexity index is 1170. The van der Waals surface area contributed by atoms with Crippen LogP contribution in [-0.2, 0) is 20.6 Å². The van der Waals surface area contributed by atoms with Gasteiger partial charge in [0.25, 0.3) is 11.5 Å². The molecule has 0 radical (unpaired) electrons. The minimum Gasteiger partial charge on any atom is -0.352 e. The number of imidazole rings is 1. The highest BCUT2D eigenvalue weighted by Crippen LogP contribution is 2.39. The van der Waals surface area contributed by atoms with Gasteiger partial charge in [-0.25, -0.2) is 13.6 Å². The molecule has 1 N–H and O–H groups in total. The smallest absolute Gasteiger partial charge is 0.332 e. The first-order chi connectivity index (χ1) is 13.2. The SMILES string of the molecule is Cc1ccc(Cn2c(=O)c3c(nc(NC4CC(F)(F)C4)n3C)n(C)c2=O)cc1. The number of fused-ring (bicyclic) bond motifs is 1. The van der Waals surface area contributed by atoms with Crippen LogP contribution >= 0.6 is 0 Å². The minimum atomic E-state index is -2.66. The topological polar surface area (TPSA) is 73.8 Å². The molecule has 9 heteroatoms. The Morgan fingerprint density at radius 2 is 1.79 bits per heavy atom. The Morgan fingerprint density at radius 3 is 2.39 bits per heavy atom. The zero-order valence-electron chi connectivity index (χ0n) is 15.9. The van der Waals surface area contributed by atoms with Crippen LogP contribution in [0, 0.1) is 6.92 Å². The van der Waals surface area contributed by atoms with E-state index in [0.29, 0.717) is 5.95 Å². The van der Waals surface area contributed by atoms with Gasteiger partial charge in [0.1, 0.15) is 0 Å². The van der Waals surface area contributed by atoms with Gasteiger partial charge in [-0.1, -0.05) is 29.8 Å². The third-order valence-corrected chi connectivity index (χ3v) is 5.24. The Kier molecular flexibility index (Phi) is 4.13. The summed E-state index contributed by atoms with van der Waals surface area (Å²) >= 11 is 0. The molecular formula is C19H21F2N5O2. The molecule has 1 saturated carbocycles. The average Bonchev–Trinajstić information content (AvgIpc) is 2.94. The molecule has 0 unspecified atom stereocenters. The summed E-state index contributed by atoms with van der Waals surface area (Å²) in [6.07, 6.45) is -0.542. The molecule has 1 aliphatic rings. The lowest BCUT2D eigenvalue weighted by Gasteiger charge is -2.35. The van der Waals surface area contributed by atoms with E-state index in [1.165, 1.54) is 9.13 Å². The van der Waals surface area contributed by atoms with Gasteiger partial charge in [-0.15, -0.1) is 0 Å². The molecule has 1 aliphatic carbocycles. The fourth-order valence-electron chi connectivity index (χ4n) is 3.53. The second-order valence-corrected chi connectivity index (χ2v) is 7.49. The predicted octanol–water partition coefficient (Wildman–Crippen LogP) is 2.00. The van der Waals surface area contributed by atoms with Crippen LogP contribution in [0.1, 0.15) is 24.0 Å². The number of hydrogen-bond acceptors (Lipinski definition) is 4. The fraction of sp³-hybridized carbons (Fsp3) is 0.421. The number of rotatable bonds is 4. The van der Waals surface area contributed by atoms with Crippen molar-refractivity contribution in [2.75, 3.05) is 5.32 Å². The van der Waals surface area contributed by atoms with Gasteiger partial charge >= 0.3 is 5.69 Å². The quantitative estimate of drug-likeness (QED) is 0.741. The van der Waals surface area contributed by atoms with Crippen molar-refractivity contribution < 1.29 is 8.78 Å². The summed E-state index contributed by atoms with van der Waals surface area (Å²) in [6.45, 7) is 2.10. The summed E-state index contributed by atoms with van der Waals surface area (Å²) in [5.74, 6) is -2.36. The van der Waals surface area contributed by atoms with E-state index in [4.69, 9.17) is 0 Å². The second kappa shape index (κ2) is 6.29. The van der Waals surface area contributed by atoms with E-state index in [2.05, 4.69) is 10.3 Å². The molecule has 0 spiro atoms. The van der Waals surface area contributed by atoms with Crippen molar-refractivity contribution in [1.29, 1.82) is 0 Å². The first-order valence-electron chi connectivity index (χ1n) is 9.02. The maximum Gasteiger partial charge on any atom is 0.332 e.